The Balaban J connectivity index is 2.13. The number of carbonyl (C=O) groups is 3. The number of likely N-dealkylation sites (N-methyl/N-ethyl adjacent to an activating group) is 1. The maximum atomic E-state index is 13.4. The van der Waals surface area contributed by atoms with Gasteiger partial charge in [0, 0.05) is 26.1 Å². The first-order chi connectivity index (χ1) is 14.7. The second-order valence-corrected chi connectivity index (χ2v) is 8.65. The van der Waals surface area contributed by atoms with E-state index in [1.165, 1.54) is 10.6 Å². The quantitative estimate of drug-likeness (QED) is 0.520. The fourth-order valence-corrected chi connectivity index (χ4v) is 3.96. The minimum absolute atomic E-state index is 0.203. The molecule has 2 amide bonds. The number of hydrogen-bond acceptors (Lipinski definition) is 5. The molecular weight excluding hydrogens is 396 g/mol. The molecule has 1 aliphatic heterocycles. The van der Waals surface area contributed by atoms with Crippen LogP contribution in [0.15, 0.2) is 24.3 Å². The van der Waals surface area contributed by atoms with E-state index in [9.17, 15) is 19.5 Å². The minimum Gasteiger partial charge on any atom is -0.481 e. The van der Waals surface area contributed by atoms with Gasteiger partial charge in [0.25, 0.3) is 0 Å². The fourth-order valence-electron chi connectivity index (χ4n) is 3.96. The van der Waals surface area contributed by atoms with Crippen molar-refractivity contribution in [2.75, 3.05) is 27.7 Å². The Morgan fingerprint density at radius 2 is 1.87 bits per heavy atom. The lowest BCUT2D eigenvalue weighted by molar-refractivity contribution is -0.151. The maximum absolute atomic E-state index is 13.4. The minimum atomic E-state index is -0.916. The van der Waals surface area contributed by atoms with Gasteiger partial charge in [0.05, 0.1) is 5.92 Å². The Morgan fingerprint density at radius 3 is 2.45 bits per heavy atom. The van der Waals surface area contributed by atoms with Crippen LogP contribution in [-0.2, 0) is 27.3 Å². The Hall–Kier alpha value is -2.45. The molecule has 2 rings (SSSR count). The van der Waals surface area contributed by atoms with Gasteiger partial charge in [-0.1, -0.05) is 31.2 Å². The van der Waals surface area contributed by atoms with Crippen LogP contribution in [0.1, 0.15) is 43.7 Å². The number of aliphatic carboxylic acids is 1. The van der Waals surface area contributed by atoms with E-state index in [1.54, 1.807) is 14.0 Å². The lowest BCUT2D eigenvalue weighted by Gasteiger charge is -2.37. The first-order valence-electron chi connectivity index (χ1n) is 11.0. The lowest BCUT2D eigenvalue weighted by Crippen LogP contribution is -2.59. The lowest BCUT2D eigenvalue weighted by atomic mass is 9.88. The third kappa shape index (κ3) is 7.33. The van der Waals surface area contributed by atoms with E-state index >= 15 is 0 Å². The molecular formula is C23H36N4O4. The number of rotatable bonds is 10. The molecule has 0 aliphatic carbocycles. The van der Waals surface area contributed by atoms with Gasteiger partial charge < -0.3 is 15.3 Å². The van der Waals surface area contributed by atoms with Gasteiger partial charge in [-0.25, -0.2) is 5.43 Å². The molecule has 1 saturated heterocycles. The molecule has 0 spiro atoms. The molecule has 0 unspecified atom stereocenters. The summed E-state index contributed by atoms with van der Waals surface area (Å²) in [4.78, 5) is 39.2. The molecule has 0 saturated carbocycles. The molecule has 3 atom stereocenters. The highest BCUT2D eigenvalue weighted by atomic mass is 16.4. The van der Waals surface area contributed by atoms with Crippen molar-refractivity contribution in [3.05, 3.63) is 35.4 Å². The fraction of sp³-hybridized carbons (Fsp3) is 0.609. The highest BCUT2D eigenvalue weighted by Crippen LogP contribution is 2.24. The van der Waals surface area contributed by atoms with Crippen LogP contribution in [0.4, 0.5) is 0 Å². The van der Waals surface area contributed by atoms with Crippen LogP contribution in [0.2, 0.25) is 0 Å². The Labute approximate surface area is 184 Å². The highest BCUT2D eigenvalue weighted by molar-refractivity contribution is 5.88. The number of hydrazine groups is 1. The number of nitrogens with one attached hydrogen (secondary N) is 2. The predicted molar refractivity (Wildman–Crippen MR) is 119 cm³/mol. The summed E-state index contributed by atoms with van der Waals surface area (Å²) in [7, 11) is 5.60. The summed E-state index contributed by atoms with van der Waals surface area (Å²) in [6, 6.07) is 7.72. The third-order valence-corrected chi connectivity index (χ3v) is 5.75. The summed E-state index contributed by atoms with van der Waals surface area (Å²) in [5.74, 6) is -2.45. The second kappa shape index (κ2) is 11.8. The van der Waals surface area contributed by atoms with E-state index in [1.807, 2.05) is 14.1 Å². The van der Waals surface area contributed by atoms with Gasteiger partial charge in [-0.3, -0.25) is 19.4 Å². The molecule has 1 aromatic rings. The van der Waals surface area contributed by atoms with Crippen molar-refractivity contribution in [3.8, 4) is 0 Å². The maximum Gasteiger partial charge on any atom is 0.306 e. The van der Waals surface area contributed by atoms with Crippen LogP contribution in [0.5, 0.6) is 0 Å². The Kier molecular flexibility index (Phi) is 9.45. The van der Waals surface area contributed by atoms with Gasteiger partial charge >= 0.3 is 5.97 Å². The molecule has 8 heteroatoms. The number of benzene rings is 1. The topological polar surface area (TPSA) is 102 Å². The second-order valence-electron chi connectivity index (χ2n) is 8.65. The number of carboxylic acid groups (broad SMARTS) is 1. The van der Waals surface area contributed by atoms with Crippen molar-refractivity contribution in [1.29, 1.82) is 0 Å². The molecule has 1 fully saturated rings. The number of amides is 2. The van der Waals surface area contributed by atoms with Crippen molar-refractivity contribution < 1.29 is 19.5 Å². The van der Waals surface area contributed by atoms with E-state index in [0.29, 0.717) is 25.8 Å². The molecule has 3 N–H and O–H groups in total. The summed E-state index contributed by atoms with van der Waals surface area (Å²) in [5.41, 5.74) is 5.39. The molecule has 0 bridgehead atoms. The number of carbonyl (C=O) groups excluding carboxylic acids is 2. The number of carboxylic acids is 1. The van der Waals surface area contributed by atoms with E-state index in [0.717, 1.165) is 18.5 Å². The first-order valence-corrected chi connectivity index (χ1v) is 11.0. The van der Waals surface area contributed by atoms with Crippen LogP contribution in [0, 0.1) is 11.8 Å². The highest BCUT2D eigenvalue weighted by Gasteiger charge is 2.36. The average molecular weight is 433 g/mol. The van der Waals surface area contributed by atoms with Crippen molar-refractivity contribution in [2.45, 2.75) is 51.6 Å². The number of aryl methyl sites for hydroxylation is 1. The molecule has 1 heterocycles. The van der Waals surface area contributed by atoms with Gasteiger partial charge in [-0.05, 0) is 57.3 Å². The smallest absolute Gasteiger partial charge is 0.306 e. The van der Waals surface area contributed by atoms with Crippen LogP contribution < -0.4 is 10.7 Å². The average Bonchev–Trinajstić information content (AvgIpc) is 2.75. The summed E-state index contributed by atoms with van der Waals surface area (Å²) >= 11 is 0. The summed E-state index contributed by atoms with van der Waals surface area (Å²) in [6.07, 6.45) is 2.83. The van der Waals surface area contributed by atoms with E-state index in [2.05, 4.69) is 39.9 Å². The van der Waals surface area contributed by atoms with Gasteiger partial charge in [0.15, 0.2) is 0 Å². The van der Waals surface area contributed by atoms with Gasteiger partial charge in [0.2, 0.25) is 11.8 Å². The van der Waals surface area contributed by atoms with Gasteiger partial charge in [-0.2, -0.15) is 0 Å². The molecule has 0 radical (unpaired) electrons. The van der Waals surface area contributed by atoms with Crippen LogP contribution in [0.3, 0.4) is 0 Å². The van der Waals surface area contributed by atoms with E-state index in [-0.39, 0.29) is 18.2 Å². The van der Waals surface area contributed by atoms with Crippen molar-refractivity contribution in [3.63, 3.8) is 0 Å². The number of hydrogen-bond donors (Lipinski definition) is 3. The van der Waals surface area contributed by atoms with Crippen LogP contribution in [-0.4, -0.2) is 66.5 Å². The molecule has 1 aliphatic rings. The molecule has 1 aromatic carbocycles. The zero-order valence-electron chi connectivity index (χ0n) is 19.1. The van der Waals surface area contributed by atoms with E-state index < -0.39 is 23.8 Å². The monoisotopic (exact) mass is 432 g/mol. The Morgan fingerprint density at radius 1 is 1.23 bits per heavy atom. The standard InChI is InChI=1S/C23H36N4O4/c1-16(23(30)31)14-19(12-11-17-7-9-18(10-8-17)15-26(3)4)22(29)27-20(21(28)24-2)6-5-13-25-27/h7-10,16,19-20,25H,5-6,11-15H2,1-4H3,(H,24,28)(H,30,31)/t16-,19+,20-/m0/s1. The molecule has 172 valence electrons. The zero-order valence-corrected chi connectivity index (χ0v) is 19.1. The van der Waals surface area contributed by atoms with Gasteiger partial charge in [0.1, 0.15) is 6.04 Å². The molecule has 8 nitrogen and oxygen atoms in total. The van der Waals surface area contributed by atoms with Crippen molar-refractivity contribution in [1.82, 2.24) is 20.7 Å². The van der Waals surface area contributed by atoms with Crippen LogP contribution >= 0.6 is 0 Å². The van der Waals surface area contributed by atoms with Crippen molar-refractivity contribution in [2.24, 2.45) is 11.8 Å². The summed E-state index contributed by atoms with van der Waals surface area (Å²) in [6.45, 7) is 3.10. The SMILES string of the molecule is CNC(=O)[C@@H]1CCCNN1C(=O)[C@H](CCc1ccc(CN(C)C)cc1)C[C@H](C)C(=O)O. The Bertz CT molecular complexity index is 750. The molecule has 0 aromatic heterocycles. The van der Waals surface area contributed by atoms with E-state index in [4.69, 9.17) is 0 Å². The largest absolute Gasteiger partial charge is 0.481 e. The van der Waals surface area contributed by atoms with Crippen LogP contribution in [0.25, 0.3) is 0 Å². The van der Waals surface area contributed by atoms with Crippen molar-refractivity contribution >= 4 is 17.8 Å². The zero-order chi connectivity index (χ0) is 23.0. The first kappa shape index (κ1) is 24.8. The normalized spacial score (nSPS) is 18.5. The number of nitrogens with zero attached hydrogens (tertiary/aromatic N) is 2. The molecule has 31 heavy (non-hydrogen) atoms. The summed E-state index contributed by atoms with van der Waals surface area (Å²) < 4.78 is 0. The predicted octanol–water partition coefficient (Wildman–Crippen LogP) is 1.65. The summed E-state index contributed by atoms with van der Waals surface area (Å²) in [5, 5.41) is 13.4. The van der Waals surface area contributed by atoms with Gasteiger partial charge in [-0.15, -0.1) is 0 Å². The third-order valence-electron chi connectivity index (χ3n) is 5.75.